The lowest BCUT2D eigenvalue weighted by Crippen LogP contribution is -2.44. The first kappa shape index (κ1) is 16.8. The predicted molar refractivity (Wildman–Crippen MR) is 88.3 cm³/mol. The van der Waals surface area contributed by atoms with Gasteiger partial charge in [0.15, 0.2) is 5.96 Å². The van der Waals surface area contributed by atoms with Crippen molar-refractivity contribution < 1.29 is 9.15 Å². The highest BCUT2D eigenvalue weighted by atomic mass is 16.5. The Morgan fingerprint density at radius 3 is 2.82 bits per heavy atom. The lowest BCUT2D eigenvalue weighted by Gasteiger charge is -2.26. The first-order chi connectivity index (χ1) is 10.9. The summed E-state index contributed by atoms with van der Waals surface area (Å²) < 4.78 is 10.7. The molecule has 0 radical (unpaired) electrons. The fraction of sp³-hybridized carbons (Fsp3) is 0.688. The van der Waals surface area contributed by atoms with Gasteiger partial charge in [-0.15, -0.1) is 0 Å². The molecule has 0 aliphatic carbocycles. The Bertz CT molecular complexity index is 414. The molecule has 1 fully saturated rings. The summed E-state index contributed by atoms with van der Waals surface area (Å²) in [5, 5.41) is 6.77. The molecule has 0 spiro atoms. The second kappa shape index (κ2) is 10.2. The zero-order valence-electron chi connectivity index (χ0n) is 13.5. The van der Waals surface area contributed by atoms with Crippen molar-refractivity contribution in [2.24, 2.45) is 4.99 Å². The number of nitrogens with one attached hydrogen (secondary N) is 2. The minimum Gasteiger partial charge on any atom is -0.469 e. The first-order valence-electron chi connectivity index (χ1n) is 8.23. The lowest BCUT2D eigenvalue weighted by atomic mass is 10.3. The molecule has 2 heterocycles. The second-order valence-electron chi connectivity index (χ2n) is 5.37. The van der Waals surface area contributed by atoms with Gasteiger partial charge in [-0.3, -0.25) is 9.89 Å². The number of furan rings is 1. The first-order valence-corrected chi connectivity index (χ1v) is 8.23. The molecule has 22 heavy (non-hydrogen) atoms. The van der Waals surface area contributed by atoms with Crippen LogP contribution in [0.2, 0.25) is 0 Å². The van der Waals surface area contributed by atoms with Crippen LogP contribution in [0.5, 0.6) is 0 Å². The van der Waals surface area contributed by atoms with Gasteiger partial charge in [-0.25, -0.2) is 0 Å². The predicted octanol–water partition coefficient (Wildman–Crippen LogP) is 1.10. The molecule has 0 atom stereocenters. The highest BCUT2D eigenvalue weighted by Crippen LogP contribution is 1.99. The fourth-order valence-corrected chi connectivity index (χ4v) is 2.31. The molecule has 1 aromatic heterocycles. The molecular formula is C16H28N4O2. The van der Waals surface area contributed by atoms with Gasteiger partial charge in [-0.1, -0.05) is 6.92 Å². The van der Waals surface area contributed by atoms with E-state index in [1.54, 1.807) is 6.26 Å². The maximum atomic E-state index is 5.36. The van der Waals surface area contributed by atoms with Crippen molar-refractivity contribution in [2.75, 3.05) is 52.5 Å². The molecule has 0 bridgehead atoms. The third-order valence-corrected chi connectivity index (χ3v) is 3.56. The highest BCUT2D eigenvalue weighted by Gasteiger charge is 2.09. The summed E-state index contributed by atoms with van der Waals surface area (Å²) in [6.07, 6.45) is 3.62. The average Bonchev–Trinajstić information content (AvgIpc) is 3.06. The summed E-state index contributed by atoms with van der Waals surface area (Å²) in [5.74, 6) is 1.89. The Hall–Kier alpha value is -1.53. The molecular weight excluding hydrogens is 280 g/mol. The number of ether oxygens (including phenoxy) is 1. The Kier molecular flexibility index (Phi) is 7.83. The van der Waals surface area contributed by atoms with Gasteiger partial charge in [-0.2, -0.15) is 0 Å². The van der Waals surface area contributed by atoms with Crippen LogP contribution in [0.3, 0.4) is 0 Å². The van der Waals surface area contributed by atoms with Gasteiger partial charge in [0, 0.05) is 45.7 Å². The van der Waals surface area contributed by atoms with Gasteiger partial charge in [0.25, 0.3) is 0 Å². The smallest absolute Gasteiger partial charge is 0.191 e. The van der Waals surface area contributed by atoms with E-state index >= 15 is 0 Å². The summed E-state index contributed by atoms with van der Waals surface area (Å²) in [6.45, 7) is 9.46. The van der Waals surface area contributed by atoms with E-state index in [0.717, 1.165) is 77.0 Å². The minimum atomic E-state index is 0.820. The van der Waals surface area contributed by atoms with Gasteiger partial charge in [0.2, 0.25) is 0 Å². The average molecular weight is 308 g/mol. The molecule has 0 amide bonds. The molecule has 0 saturated carbocycles. The molecule has 0 aromatic carbocycles. The van der Waals surface area contributed by atoms with E-state index in [0.29, 0.717) is 0 Å². The summed E-state index contributed by atoms with van der Waals surface area (Å²) in [7, 11) is 0. The van der Waals surface area contributed by atoms with Gasteiger partial charge in [-0.05, 0) is 18.6 Å². The van der Waals surface area contributed by atoms with E-state index in [1.165, 1.54) is 0 Å². The minimum absolute atomic E-state index is 0.820. The number of nitrogens with zero attached hydrogens (tertiary/aromatic N) is 2. The molecule has 2 rings (SSSR count). The molecule has 0 unspecified atom stereocenters. The van der Waals surface area contributed by atoms with Crippen LogP contribution in [-0.2, 0) is 11.2 Å². The number of morpholine rings is 1. The molecule has 1 aliphatic heterocycles. The van der Waals surface area contributed by atoms with Crippen molar-refractivity contribution in [2.45, 2.75) is 19.8 Å². The third kappa shape index (κ3) is 6.49. The van der Waals surface area contributed by atoms with Gasteiger partial charge < -0.3 is 19.8 Å². The van der Waals surface area contributed by atoms with E-state index in [9.17, 15) is 0 Å². The van der Waals surface area contributed by atoms with Gasteiger partial charge in [0.05, 0.1) is 19.5 Å². The van der Waals surface area contributed by atoms with E-state index in [4.69, 9.17) is 9.15 Å². The maximum Gasteiger partial charge on any atom is 0.191 e. The van der Waals surface area contributed by atoms with Crippen LogP contribution in [0.25, 0.3) is 0 Å². The van der Waals surface area contributed by atoms with Crippen molar-refractivity contribution in [3.05, 3.63) is 24.2 Å². The molecule has 1 aromatic rings. The van der Waals surface area contributed by atoms with Crippen LogP contribution < -0.4 is 10.6 Å². The topological polar surface area (TPSA) is 62.0 Å². The summed E-state index contributed by atoms with van der Waals surface area (Å²) in [5.41, 5.74) is 0. The largest absolute Gasteiger partial charge is 0.469 e. The van der Waals surface area contributed by atoms with Crippen LogP contribution in [0.4, 0.5) is 0 Å². The van der Waals surface area contributed by atoms with Crippen molar-refractivity contribution in [1.29, 1.82) is 0 Å². The SMILES string of the molecule is CCCN=C(NCCc1ccco1)NCCN1CCOCC1. The standard InChI is InChI=1S/C16H28N4O2/c1-2-6-17-16(18-7-5-15-4-3-12-22-15)19-8-9-20-10-13-21-14-11-20/h3-4,12H,2,5-11,13-14H2,1H3,(H2,17,18,19). The zero-order valence-corrected chi connectivity index (χ0v) is 13.5. The normalized spacial score (nSPS) is 16.7. The molecule has 1 saturated heterocycles. The van der Waals surface area contributed by atoms with Crippen LogP contribution in [0.1, 0.15) is 19.1 Å². The second-order valence-corrected chi connectivity index (χ2v) is 5.37. The van der Waals surface area contributed by atoms with E-state index in [-0.39, 0.29) is 0 Å². The molecule has 6 nitrogen and oxygen atoms in total. The van der Waals surface area contributed by atoms with Gasteiger partial charge >= 0.3 is 0 Å². The monoisotopic (exact) mass is 308 g/mol. The van der Waals surface area contributed by atoms with E-state index in [2.05, 4.69) is 27.4 Å². The third-order valence-electron chi connectivity index (χ3n) is 3.56. The number of hydrogen-bond donors (Lipinski definition) is 2. The summed E-state index contributed by atoms with van der Waals surface area (Å²) in [4.78, 5) is 6.98. The Morgan fingerprint density at radius 1 is 1.27 bits per heavy atom. The highest BCUT2D eigenvalue weighted by molar-refractivity contribution is 5.79. The molecule has 1 aliphatic rings. The zero-order chi connectivity index (χ0) is 15.5. The van der Waals surface area contributed by atoms with Crippen molar-refractivity contribution in [3.8, 4) is 0 Å². The quantitative estimate of drug-likeness (QED) is 0.556. The fourth-order valence-electron chi connectivity index (χ4n) is 2.31. The maximum absolute atomic E-state index is 5.36. The number of guanidine groups is 1. The van der Waals surface area contributed by atoms with E-state index in [1.807, 2.05) is 12.1 Å². The van der Waals surface area contributed by atoms with Crippen LogP contribution in [0, 0.1) is 0 Å². The van der Waals surface area contributed by atoms with Crippen molar-refractivity contribution >= 4 is 5.96 Å². The Balaban J connectivity index is 1.66. The summed E-state index contributed by atoms with van der Waals surface area (Å²) in [6, 6.07) is 3.92. The molecule has 6 heteroatoms. The van der Waals surface area contributed by atoms with Crippen LogP contribution >= 0.6 is 0 Å². The van der Waals surface area contributed by atoms with Gasteiger partial charge in [0.1, 0.15) is 5.76 Å². The lowest BCUT2D eigenvalue weighted by molar-refractivity contribution is 0.0389. The van der Waals surface area contributed by atoms with Crippen molar-refractivity contribution in [1.82, 2.24) is 15.5 Å². The van der Waals surface area contributed by atoms with E-state index < -0.39 is 0 Å². The summed E-state index contributed by atoms with van der Waals surface area (Å²) >= 11 is 0. The van der Waals surface area contributed by atoms with Crippen molar-refractivity contribution in [3.63, 3.8) is 0 Å². The molecule has 2 N–H and O–H groups in total. The van der Waals surface area contributed by atoms with Crippen LogP contribution in [0.15, 0.2) is 27.8 Å². The van der Waals surface area contributed by atoms with Crippen LogP contribution in [-0.4, -0.2) is 63.3 Å². The number of hydrogen-bond acceptors (Lipinski definition) is 4. The number of aliphatic imine (C=N–C) groups is 1. The number of rotatable bonds is 8. The Labute approximate surface area is 132 Å². The molecule has 124 valence electrons. The Morgan fingerprint density at radius 2 is 2.09 bits per heavy atom.